The fraction of sp³-hybridized carbons (Fsp3) is 0.0556. The Kier molecular flexibility index (Phi) is 4.18. The average Bonchev–Trinajstić information content (AvgIpc) is 2.55. The van der Waals surface area contributed by atoms with Gasteiger partial charge in [-0.05, 0) is 31.2 Å². The van der Waals surface area contributed by atoms with Crippen LogP contribution >= 0.6 is 11.6 Å². The Labute approximate surface area is 141 Å². The molecule has 2 aromatic carbocycles. The molecule has 24 heavy (non-hydrogen) atoms. The molecular formula is C18H12ClNO4. The molecule has 3 rings (SSSR count). The van der Waals surface area contributed by atoms with Gasteiger partial charge >= 0.3 is 5.63 Å². The zero-order valence-electron chi connectivity index (χ0n) is 12.6. The van der Waals surface area contributed by atoms with E-state index in [0.29, 0.717) is 21.7 Å². The maximum Gasteiger partial charge on any atom is 0.349 e. The molecule has 3 aromatic rings. The number of para-hydroxylation sites is 1. The molecule has 1 aromatic heterocycles. The molecule has 0 bridgehead atoms. The Morgan fingerprint density at radius 2 is 1.83 bits per heavy atom. The summed E-state index contributed by atoms with van der Waals surface area (Å²) in [6, 6.07) is 12.9. The summed E-state index contributed by atoms with van der Waals surface area (Å²) in [7, 11) is 0. The fourth-order valence-corrected chi connectivity index (χ4v) is 2.50. The number of hydrogen-bond acceptors (Lipinski definition) is 4. The fourth-order valence-electron chi connectivity index (χ4n) is 2.28. The molecule has 0 unspecified atom stereocenters. The average molecular weight is 342 g/mol. The molecule has 0 saturated heterocycles. The second-order valence-electron chi connectivity index (χ2n) is 5.20. The molecule has 0 saturated carbocycles. The molecule has 5 nitrogen and oxygen atoms in total. The van der Waals surface area contributed by atoms with Gasteiger partial charge in [0.25, 0.3) is 5.91 Å². The number of fused-ring (bicyclic) bond motifs is 1. The molecule has 0 radical (unpaired) electrons. The molecule has 0 spiro atoms. The molecular weight excluding hydrogens is 330 g/mol. The van der Waals surface area contributed by atoms with Crippen LogP contribution in [-0.4, -0.2) is 11.7 Å². The van der Waals surface area contributed by atoms with Gasteiger partial charge in [-0.15, -0.1) is 0 Å². The minimum atomic E-state index is -0.782. The summed E-state index contributed by atoms with van der Waals surface area (Å²) in [5, 5.41) is 3.43. The molecule has 1 heterocycles. The van der Waals surface area contributed by atoms with Gasteiger partial charge in [0.15, 0.2) is 11.4 Å². The number of benzene rings is 2. The van der Waals surface area contributed by atoms with E-state index in [4.69, 9.17) is 16.0 Å². The van der Waals surface area contributed by atoms with Crippen molar-refractivity contribution in [2.24, 2.45) is 0 Å². The van der Waals surface area contributed by atoms with Crippen LogP contribution in [0.15, 0.2) is 57.7 Å². The number of rotatable bonds is 3. The number of halogens is 1. The normalized spacial score (nSPS) is 10.6. The number of nitrogens with one attached hydrogen (secondary N) is 1. The Bertz CT molecular complexity index is 1020. The first-order valence-corrected chi connectivity index (χ1v) is 7.48. The molecule has 0 aliphatic rings. The van der Waals surface area contributed by atoms with Gasteiger partial charge in [-0.2, -0.15) is 0 Å². The Morgan fingerprint density at radius 3 is 2.58 bits per heavy atom. The first kappa shape index (κ1) is 16.0. The highest BCUT2D eigenvalue weighted by atomic mass is 35.5. The van der Waals surface area contributed by atoms with E-state index in [9.17, 15) is 14.4 Å². The summed E-state index contributed by atoms with van der Waals surface area (Å²) in [4.78, 5) is 35.8. The van der Waals surface area contributed by atoms with Crippen LogP contribution < -0.4 is 10.9 Å². The van der Waals surface area contributed by atoms with Gasteiger partial charge < -0.3 is 9.73 Å². The van der Waals surface area contributed by atoms with E-state index in [1.165, 1.54) is 13.0 Å². The number of carbonyl (C=O) groups is 2. The summed E-state index contributed by atoms with van der Waals surface area (Å²) in [6.07, 6.45) is 0. The highest BCUT2D eigenvalue weighted by Gasteiger charge is 2.15. The molecule has 0 fully saturated rings. The summed E-state index contributed by atoms with van der Waals surface area (Å²) in [5.41, 5.74) is 0.191. The third kappa shape index (κ3) is 3.07. The van der Waals surface area contributed by atoms with Crippen molar-refractivity contribution >= 4 is 39.9 Å². The summed E-state index contributed by atoms with van der Waals surface area (Å²) < 4.78 is 5.14. The zero-order valence-corrected chi connectivity index (χ0v) is 13.4. The van der Waals surface area contributed by atoms with Crippen molar-refractivity contribution in [3.63, 3.8) is 0 Å². The van der Waals surface area contributed by atoms with Gasteiger partial charge in [-0.1, -0.05) is 35.9 Å². The second kappa shape index (κ2) is 6.29. The van der Waals surface area contributed by atoms with Crippen LogP contribution in [0.25, 0.3) is 11.0 Å². The lowest BCUT2D eigenvalue weighted by Crippen LogP contribution is -2.20. The monoisotopic (exact) mass is 341 g/mol. The standard InChI is InChI=1S/C18H12ClNO4/c1-10(21)11-4-2-6-13(8-11)20-17(22)14-9-12-5-3-7-15(19)16(12)24-18(14)23/h2-9H,1H3,(H,20,22). The Balaban J connectivity index is 1.97. The number of carbonyl (C=O) groups excluding carboxylic acids is 2. The predicted octanol–water partition coefficient (Wildman–Crippen LogP) is 3.90. The van der Waals surface area contributed by atoms with Crippen molar-refractivity contribution in [3.8, 4) is 0 Å². The van der Waals surface area contributed by atoms with Crippen molar-refractivity contribution < 1.29 is 14.0 Å². The lowest BCUT2D eigenvalue weighted by Gasteiger charge is -2.07. The van der Waals surface area contributed by atoms with E-state index in [-0.39, 0.29) is 16.9 Å². The van der Waals surface area contributed by atoms with Crippen LogP contribution in [0.4, 0.5) is 5.69 Å². The SMILES string of the molecule is CC(=O)c1cccc(NC(=O)c2cc3cccc(Cl)c3oc2=O)c1. The number of anilines is 1. The van der Waals surface area contributed by atoms with E-state index in [2.05, 4.69) is 5.32 Å². The lowest BCUT2D eigenvalue weighted by molar-refractivity contribution is 0.100. The van der Waals surface area contributed by atoms with Crippen molar-refractivity contribution in [3.05, 3.63) is 75.1 Å². The number of hydrogen-bond donors (Lipinski definition) is 1. The lowest BCUT2D eigenvalue weighted by atomic mass is 10.1. The van der Waals surface area contributed by atoms with E-state index in [0.717, 1.165) is 0 Å². The molecule has 120 valence electrons. The van der Waals surface area contributed by atoms with E-state index < -0.39 is 11.5 Å². The van der Waals surface area contributed by atoms with Gasteiger partial charge in [-0.3, -0.25) is 9.59 Å². The van der Waals surface area contributed by atoms with Gasteiger partial charge in [0, 0.05) is 16.6 Å². The van der Waals surface area contributed by atoms with Crippen molar-refractivity contribution in [1.82, 2.24) is 0 Å². The third-order valence-corrected chi connectivity index (χ3v) is 3.78. The van der Waals surface area contributed by atoms with E-state index >= 15 is 0 Å². The van der Waals surface area contributed by atoms with Crippen molar-refractivity contribution in [1.29, 1.82) is 0 Å². The first-order chi connectivity index (χ1) is 11.5. The maximum absolute atomic E-state index is 12.4. The molecule has 6 heteroatoms. The Morgan fingerprint density at radius 1 is 1.08 bits per heavy atom. The summed E-state index contributed by atoms with van der Waals surface area (Å²) in [5.74, 6) is -0.739. The third-order valence-electron chi connectivity index (χ3n) is 3.48. The smallest absolute Gasteiger partial charge is 0.349 e. The van der Waals surface area contributed by atoms with Crippen LogP contribution in [0.2, 0.25) is 5.02 Å². The van der Waals surface area contributed by atoms with Crippen LogP contribution in [0.1, 0.15) is 27.6 Å². The van der Waals surface area contributed by atoms with Crippen LogP contribution in [0.3, 0.4) is 0 Å². The van der Waals surface area contributed by atoms with Crippen molar-refractivity contribution in [2.75, 3.05) is 5.32 Å². The Hall–Kier alpha value is -2.92. The van der Waals surface area contributed by atoms with E-state index in [1.54, 1.807) is 42.5 Å². The van der Waals surface area contributed by atoms with Crippen molar-refractivity contribution in [2.45, 2.75) is 6.92 Å². The van der Waals surface area contributed by atoms with Gasteiger partial charge in [-0.25, -0.2) is 4.79 Å². The molecule has 1 N–H and O–H groups in total. The number of amides is 1. The molecule has 1 amide bonds. The predicted molar refractivity (Wildman–Crippen MR) is 91.9 cm³/mol. The largest absolute Gasteiger partial charge is 0.421 e. The van der Waals surface area contributed by atoms with Crippen LogP contribution in [0, 0.1) is 0 Å². The second-order valence-corrected chi connectivity index (χ2v) is 5.60. The van der Waals surface area contributed by atoms with Crippen LogP contribution in [0.5, 0.6) is 0 Å². The van der Waals surface area contributed by atoms with Crippen LogP contribution in [-0.2, 0) is 0 Å². The molecule has 0 aliphatic heterocycles. The number of ketones is 1. The molecule has 0 atom stereocenters. The topological polar surface area (TPSA) is 76.4 Å². The minimum absolute atomic E-state index is 0.119. The summed E-state index contributed by atoms with van der Waals surface area (Å²) in [6.45, 7) is 1.43. The summed E-state index contributed by atoms with van der Waals surface area (Å²) >= 11 is 5.97. The van der Waals surface area contributed by atoms with Gasteiger partial charge in [0.2, 0.25) is 0 Å². The van der Waals surface area contributed by atoms with Gasteiger partial charge in [0.1, 0.15) is 5.56 Å². The number of Topliss-reactive ketones (excluding diaryl/α,β-unsaturated/α-hetero) is 1. The van der Waals surface area contributed by atoms with E-state index in [1.807, 2.05) is 0 Å². The quantitative estimate of drug-likeness (QED) is 0.579. The molecule has 0 aliphatic carbocycles. The maximum atomic E-state index is 12.4. The first-order valence-electron chi connectivity index (χ1n) is 7.10. The highest BCUT2D eigenvalue weighted by Crippen LogP contribution is 2.22. The zero-order chi connectivity index (χ0) is 17.3. The minimum Gasteiger partial charge on any atom is -0.421 e. The van der Waals surface area contributed by atoms with Gasteiger partial charge in [0.05, 0.1) is 5.02 Å². The highest BCUT2D eigenvalue weighted by molar-refractivity contribution is 6.34.